The van der Waals surface area contributed by atoms with Gasteiger partial charge in [0.1, 0.15) is 0 Å². The van der Waals surface area contributed by atoms with Crippen LogP contribution in [0.25, 0.3) is 0 Å². The summed E-state index contributed by atoms with van der Waals surface area (Å²) >= 11 is 0. The van der Waals surface area contributed by atoms with Crippen molar-refractivity contribution in [2.45, 2.75) is 51.4 Å². The first-order valence-electron chi connectivity index (χ1n) is 7.71. The second-order valence-electron chi connectivity index (χ2n) is 5.35. The van der Waals surface area contributed by atoms with Crippen LogP contribution in [0.5, 0.6) is 0 Å². The molecule has 108 valence electrons. The molecule has 0 bridgehead atoms. The maximum atomic E-state index is 5.38. The van der Waals surface area contributed by atoms with Gasteiger partial charge in [-0.25, -0.2) is 0 Å². The minimum Gasteiger partial charge on any atom is -0.385 e. The van der Waals surface area contributed by atoms with Gasteiger partial charge in [0.15, 0.2) is 0 Å². The van der Waals surface area contributed by atoms with Gasteiger partial charge in [0.2, 0.25) is 0 Å². The van der Waals surface area contributed by atoms with E-state index in [1.807, 2.05) is 0 Å². The lowest BCUT2D eigenvalue weighted by molar-refractivity contribution is 0.0632. The molecule has 1 rings (SSSR count). The van der Waals surface area contributed by atoms with Crippen molar-refractivity contribution in [3.05, 3.63) is 0 Å². The lowest BCUT2D eigenvalue weighted by atomic mass is 9.94. The van der Waals surface area contributed by atoms with Gasteiger partial charge in [0, 0.05) is 26.9 Å². The predicted octanol–water partition coefficient (Wildman–Crippen LogP) is 2.99. The molecule has 0 atom stereocenters. The molecule has 3 heteroatoms. The number of ether oxygens (including phenoxy) is 2. The van der Waals surface area contributed by atoms with Crippen molar-refractivity contribution in [3.63, 3.8) is 0 Å². The Balaban J connectivity index is 1.73. The monoisotopic (exact) mass is 257 g/mol. The molecule has 18 heavy (non-hydrogen) atoms. The van der Waals surface area contributed by atoms with E-state index in [4.69, 9.17) is 9.47 Å². The molecule has 0 aromatic rings. The van der Waals surface area contributed by atoms with E-state index in [0.29, 0.717) is 0 Å². The Labute approximate surface area is 113 Å². The summed E-state index contributed by atoms with van der Waals surface area (Å²) in [6, 6.07) is 0. The summed E-state index contributed by atoms with van der Waals surface area (Å²) in [5, 5.41) is 3.53. The van der Waals surface area contributed by atoms with Gasteiger partial charge >= 0.3 is 0 Å². The van der Waals surface area contributed by atoms with Crippen molar-refractivity contribution in [2.75, 3.05) is 40.0 Å². The van der Waals surface area contributed by atoms with E-state index in [2.05, 4.69) is 5.32 Å². The molecule has 1 saturated heterocycles. The summed E-state index contributed by atoms with van der Waals surface area (Å²) in [5.74, 6) is 0.938. The molecule has 1 heterocycles. The van der Waals surface area contributed by atoms with E-state index in [9.17, 15) is 0 Å². The van der Waals surface area contributed by atoms with Crippen LogP contribution >= 0.6 is 0 Å². The maximum Gasteiger partial charge on any atom is 0.0468 e. The number of methoxy groups -OCH3 is 1. The summed E-state index contributed by atoms with van der Waals surface area (Å²) in [6.45, 7) is 5.24. The van der Waals surface area contributed by atoms with Crippen LogP contribution in [-0.2, 0) is 9.47 Å². The fraction of sp³-hybridized carbons (Fsp3) is 1.00. The molecule has 0 aromatic heterocycles. The summed E-state index contributed by atoms with van der Waals surface area (Å²) in [5.41, 5.74) is 0. The first kappa shape index (κ1) is 15.9. The third kappa shape index (κ3) is 8.90. The second-order valence-corrected chi connectivity index (χ2v) is 5.35. The third-order valence-electron chi connectivity index (χ3n) is 3.76. The van der Waals surface area contributed by atoms with Crippen LogP contribution in [0.15, 0.2) is 0 Å². The molecule has 0 radical (unpaired) electrons. The quantitative estimate of drug-likeness (QED) is 0.577. The number of rotatable bonds is 11. The number of hydrogen-bond donors (Lipinski definition) is 1. The van der Waals surface area contributed by atoms with E-state index in [1.165, 1.54) is 64.5 Å². The van der Waals surface area contributed by atoms with Crippen LogP contribution in [0.2, 0.25) is 0 Å². The predicted molar refractivity (Wildman–Crippen MR) is 76.0 cm³/mol. The van der Waals surface area contributed by atoms with Gasteiger partial charge in [-0.3, -0.25) is 0 Å². The van der Waals surface area contributed by atoms with E-state index in [-0.39, 0.29) is 0 Å². The molecule has 1 aliphatic heterocycles. The maximum absolute atomic E-state index is 5.38. The normalized spacial score (nSPS) is 17.2. The molecular formula is C15H31NO2. The van der Waals surface area contributed by atoms with Crippen molar-refractivity contribution >= 4 is 0 Å². The standard InChI is InChI=1S/C15H31NO2/c1-17-12-6-2-4-10-16-11-5-3-7-15-8-13-18-14-9-15/h15-16H,2-14H2,1H3. The smallest absolute Gasteiger partial charge is 0.0468 e. The van der Waals surface area contributed by atoms with E-state index >= 15 is 0 Å². The Morgan fingerprint density at radius 1 is 1.00 bits per heavy atom. The Kier molecular flexibility index (Phi) is 10.6. The molecule has 0 spiro atoms. The van der Waals surface area contributed by atoms with Crippen LogP contribution in [-0.4, -0.2) is 40.0 Å². The average Bonchev–Trinajstić information content (AvgIpc) is 2.42. The van der Waals surface area contributed by atoms with E-state index in [1.54, 1.807) is 7.11 Å². The fourth-order valence-corrected chi connectivity index (χ4v) is 2.52. The molecule has 0 aliphatic carbocycles. The van der Waals surface area contributed by atoms with Crippen molar-refractivity contribution in [2.24, 2.45) is 5.92 Å². The zero-order valence-corrected chi connectivity index (χ0v) is 12.1. The molecule has 0 amide bonds. The van der Waals surface area contributed by atoms with Crippen molar-refractivity contribution in [3.8, 4) is 0 Å². The first-order valence-corrected chi connectivity index (χ1v) is 7.71. The zero-order valence-electron chi connectivity index (χ0n) is 12.1. The highest BCUT2D eigenvalue weighted by Gasteiger charge is 2.12. The van der Waals surface area contributed by atoms with Crippen molar-refractivity contribution in [1.29, 1.82) is 0 Å². The van der Waals surface area contributed by atoms with Gasteiger partial charge < -0.3 is 14.8 Å². The molecule has 0 saturated carbocycles. The molecule has 1 N–H and O–H groups in total. The van der Waals surface area contributed by atoms with Gasteiger partial charge in [-0.15, -0.1) is 0 Å². The van der Waals surface area contributed by atoms with Gasteiger partial charge in [0.25, 0.3) is 0 Å². The SMILES string of the molecule is COCCCCCNCCCCC1CCOCC1. The van der Waals surface area contributed by atoms with Gasteiger partial charge in [-0.05, 0) is 57.5 Å². The topological polar surface area (TPSA) is 30.5 Å². The molecule has 1 fully saturated rings. The number of hydrogen-bond acceptors (Lipinski definition) is 3. The highest BCUT2D eigenvalue weighted by atomic mass is 16.5. The van der Waals surface area contributed by atoms with Gasteiger partial charge in [-0.1, -0.05) is 12.8 Å². The third-order valence-corrected chi connectivity index (χ3v) is 3.76. The molecule has 0 unspecified atom stereocenters. The van der Waals surface area contributed by atoms with Crippen LogP contribution in [0.1, 0.15) is 51.4 Å². The summed E-state index contributed by atoms with van der Waals surface area (Å²) in [6.07, 6.45) is 10.4. The highest BCUT2D eigenvalue weighted by Crippen LogP contribution is 2.20. The Morgan fingerprint density at radius 2 is 1.72 bits per heavy atom. The highest BCUT2D eigenvalue weighted by molar-refractivity contribution is 4.63. The minimum absolute atomic E-state index is 0.908. The van der Waals surface area contributed by atoms with Crippen LogP contribution in [0.4, 0.5) is 0 Å². The summed E-state index contributed by atoms with van der Waals surface area (Å²) in [4.78, 5) is 0. The molecule has 0 aromatic carbocycles. The lowest BCUT2D eigenvalue weighted by Gasteiger charge is -2.21. The summed E-state index contributed by atoms with van der Waals surface area (Å²) in [7, 11) is 1.77. The lowest BCUT2D eigenvalue weighted by Crippen LogP contribution is -2.18. The Hall–Kier alpha value is -0.120. The average molecular weight is 257 g/mol. The summed E-state index contributed by atoms with van der Waals surface area (Å²) < 4.78 is 10.4. The molecular weight excluding hydrogens is 226 g/mol. The zero-order chi connectivity index (χ0) is 12.9. The van der Waals surface area contributed by atoms with Gasteiger partial charge in [0.05, 0.1) is 0 Å². The molecule has 1 aliphatic rings. The second kappa shape index (κ2) is 11.9. The van der Waals surface area contributed by atoms with E-state index in [0.717, 1.165) is 25.7 Å². The van der Waals surface area contributed by atoms with Crippen LogP contribution in [0, 0.1) is 5.92 Å². The Morgan fingerprint density at radius 3 is 2.44 bits per heavy atom. The minimum atomic E-state index is 0.908. The van der Waals surface area contributed by atoms with Crippen molar-refractivity contribution < 1.29 is 9.47 Å². The van der Waals surface area contributed by atoms with E-state index < -0.39 is 0 Å². The Bertz CT molecular complexity index is 170. The van der Waals surface area contributed by atoms with Crippen molar-refractivity contribution in [1.82, 2.24) is 5.32 Å². The molecule has 3 nitrogen and oxygen atoms in total. The number of nitrogens with one attached hydrogen (secondary N) is 1. The van der Waals surface area contributed by atoms with Crippen LogP contribution < -0.4 is 5.32 Å². The largest absolute Gasteiger partial charge is 0.385 e. The fourth-order valence-electron chi connectivity index (χ4n) is 2.52. The number of unbranched alkanes of at least 4 members (excludes halogenated alkanes) is 3. The van der Waals surface area contributed by atoms with Crippen LogP contribution in [0.3, 0.4) is 0 Å². The van der Waals surface area contributed by atoms with Gasteiger partial charge in [-0.2, -0.15) is 0 Å². The first-order chi connectivity index (χ1) is 8.93.